The van der Waals surface area contributed by atoms with Crippen LogP contribution in [0.25, 0.3) is 0 Å². The van der Waals surface area contributed by atoms with Crippen molar-refractivity contribution < 1.29 is 40.8 Å². The highest BCUT2D eigenvalue weighted by Crippen LogP contribution is 2.39. The molecule has 1 rings (SSSR count). The summed E-state index contributed by atoms with van der Waals surface area (Å²) < 4.78 is 42.2. The molecule has 0 aromatic heterocycles. The van der Waals surface area contributed by atoms with Gasteiger partial charge in [-0.15, -0.1) is 0 Å². The highest BCUT2D eigenvalue weighted by molar-refractivity contribution is 5.73. The van der Waals surface area contributed by atoms with Gasteiger partial charge in [-0.05, 0) is 38.5 Å². The Morgan fingerprint density at radius 2 is 1.83 bits per heavy atom. The molecule has 18 heavy (non-hydrogen) atoms. The van der Waals surface area contributed by atoms with E-state index in [1.54, 1.807) is 6.92 Å². The number of hydrogen-bond donors (Lipinski definition) is 1. The molecule has 7 heteroatoms. The van der Waals surface area contributed by atoms with E-state index in [1.165, 1.54) is 0 Å². The Balaban J connectivity index is 0.00000289. The van der Waals surface area contributed by atoms with Gasteiger partial charge in [-0.1, -0.05) is 0 Å². The molecular formula is C11H19ClF3NO2. The molecule has 0 aromatic carbocycles. The summed E-state index contributed by atoms with van der Waals surface area (Å²) in [6, 6.07) is -0.429. The molecule has 0 heterocycles. The fourth-order valence-electron chi connectivity index (χ4n) is 2.00. The van der Waals surface area contributed by atoms with E-state index in [1.807, 2.05) is 0 Å². The van der Waals surface area contributed by atoms with Gasteiger partial charge in [-0.25, -0.2) is 4.79 Å². The van der Waals surface area contributed by atoms with Crippen LogP contribution in [0.2, 0.25) is 0 Å². The molecule has 1 aliphatic rings. The summed E-state index contributed by atoms with van der Waals surface area (Å²) in [5, 5.41) is 0. The minimum atomic E-state index is -4.08. The van der Waals surface area contributed by atoms with Crippen LogP contribution >= 0.6 is 0 Å². The molecule has 3 nitrogen and oxygen atoms in total. The van der Waals surface area contributed by atoms with Gasteiger partial charge in [-0.2, -0.15) is 13.2 Å². The minimum Gasteiger partial charge on any atom is -1.00 e. The van der Waals surface area contributed by atoms with Crippen molar-refractivity contribution in [1.82, 2.24) is 0 Å². The summed E-state index contributed by atoms with van der Waals surface area (Å²) >= 11 is 0. The Morgan fingerprint density at radius 1 is 1.33 bits per heavy atom. The molecule has 1 atom stereocenters. The first-order chi connectivity index (χ1) is 7.80. The Labute approximate surface area is 111 Å². The first kappa shape index (κ1) is 17.5. The van der Waals surface area contributed by atoms with Crippen molar-refractivity contribution >= 4 is 5.97 Å². The second kappa shape index (κ2) is 7.19. The quantitative estimate of drug-likeness (QED) is 0.645. The molecule has 0 bridgehead atoms. The van der Waals surface area contributed by atoms with Crippen LogP contribution in [0.1, 0.15) is 32.6 Å². The highest BCUT2D eigenvalue weighted by atomic mass is 35.5. The normalized spacial score (nSPS) is 26.1. The predicted octanol–water partition coefficient (Wildman–Crippen LogP) is -1.47. The molecule has 1 saturated carbocycles. The minimum absolute atomic E-state index is 0. The maximum Gasteiger partial charge on any atom is 0.391 e. The number of rotatable bonds is 3. The third-order valence-corrected chi connectivity index (χ3v) is 3.17. The summed E-state index contributed by atoms with van der Waals surface area (Å²) in [5.41, 5.74) is 3.52. The molecule has 0 aromatic rings. The molecule has 0 spiro atoms. The summed E-state index contributed by atoms with van der Waals surface area (Å²) in [4.78, 5) is 11.1. The molecule has 1 fully saturated rings. The Kier molecular flexibility index (Phi) is 6.99. The molecule has 108 valence electrons. The predicted molar refractivity (Wildman–Crippen MR) is 54.8 cm³/mol. The maximum absolute atomic E-state index is 12.4. The average Bonchev–Trinajstić information content (AvgIpc) is 2.25. The Morgan fingerprint density at radius 3 is 2.22 bits per heavy atom. The monoisotopic (exact) mass is 289 g/mol. The van der Waals surface area contributed by atoms with Gasteiger partial charge in [-0.3, -0.25) is 0 Å². The van der Waals surface area contributed by atoms with Crippen LogP contribution in [-0.2, 0) is 9.53 Å². The van der Waals surface area contributed by atoms with Crippen LogP contribution in [0.3, 0.4) is 0 Å². The largest absolute Gasteiger partial charge is 1.00 e. The van der Waals surface area contributed by atoms with Crippen molar-refractivity contribution in [2.24, 2.45) is 11.8 Å². The average molecular weight is 290 g/mol. The number of carbonyl (C=O) groups is 1. The van der Waals surface area contributed by atoms with E-state index in [0.717, 1.165) is 0 Å². The molecule has 3 N–H and O–H groups in total. The number of carbonyl (C=O) groups excluding carboxylic acids is 1. The summed E-state index contributed by atoms with van der Waals surface area (Å²) in [6.07, 6.45) is -2.84. The Bertz CT molecular complexity index is 264. The van der Waals surface area contributed by atoms with Crippen molar-refractivity contribution in [3.63, 3.8) is 0 Å². The third-order valence-electron chi connectivity index (χ3n) is 3.17. The number of ether oxygens (including phenoxy) is 1. The summed E-state index contributed by atoms with van der Waals surface area (Å²) in [7, 11) is 0. The SMILES string of the molecule is C[C@H]([NH3+])C(=O)OCC1CCC(C(F)(F)F)CC1.[Cl-]. The topological polar surface area (TPSA) is 53.9 Å². The van der Waals surface area contributed by atoms with Crippen molar-refractivity contribution in [1.29, 1.82) is 0 Å². The van der Waals surface area contributed by atoms with Crippen LogP contribution in [0.4, 0.5) is 13.2 Å². The maximum atomic E-state index is 12.4. The molecule has 0 aliphatic heterocycles. The van der Waals surface area contributed by atoms with E-state index in [2.05, 4.69) is 5.73 Å². The number of esters is 1. The van der Waals surface area contributed by atoms with Crippen molar-refractivity contribution in [3.8, 4) is 0 Å². The fourth-order valence-corrected chi connectivity index (χ4v) is 2.00. The first-order valence-corrected chi connectivity index (χ1v) is 5.87. The second-order valence-corrected chi connectivity index (χ2v) is 4.79. The van der Waals surface area contributed by atoms with Gasteiger partial charge in [0.05, 0.1) is 12.5 Å². The van der Waals surface area contributed by atoms with Crippen LogP contribution in [0.15, 0.2) is 0 Å². The van der Waals surface area contributed by atoms with E-state index >= 15 is 0 Å². The highest BCUT2D eigenvalue weighted by Gasteiger charge is 2.41. The van der Waals surface area contributed by atoms with Gasteiger partial charge in [0.15, 0.2) is 6.04 Å². The van der Waals surface area contributed by atoms with Crippen LogP contribution in [0, 0.1) is 11.8 Å². The van der Waals surface area contributed by atoms with Crippen molar-refractivity contribution in [2.75, 3.05) is 6.61 Å². The van der Waals surface area contributed by atoms with E-state index < -0.39 is 18.1 Å². The first-order valence-electron chi connectivity index (χ1n) is 5.87. The Hall–Kier alpha value is -0.490. The van der Waals surface area contributed by atoms with E-state index in [9.17, 15) is 18.0 Å². The van der Waals surface area contributed by atoms with Gasteiger partial charge in [0.1, 0.15) is 0 Å². The fraction of sp³-hybridized carbons (Fsp3) is 0.909. The summed E-state index contributed by atoms with van der Waals surface area (Å²) in [6.45, 7) is 1.85. The van der Waals surface area contributed by atoms with Crippen molar-refractivity contribution in [3.05, 3.63) is 0 Å². The lowest BCUT2D eigenvalue weighted by Crippen LogP contribution is -3.00. The molecule has 0 unspecified atom stereocenters. The molecule has 1 aliphatic carbocycles. The standard InChI is InChI=1S/C11H18F3NO2.ClH/c1-7(15)10(16)17-6-8-2-4-9(5-3-8)11(12,13)14;/h7-9H,2-6,15H2,1H3;1H/t7-,8?,9?;/m0./s1. The smallest absolute Gasteiger partial charge is 0.391 e. The molecular weight excluding hydrogens is 271 g/mol. The van der Waals surface area contributed by atoms with Gasteiger partial charge in [0.2, 0.25) is 0 Å². The molecule has 0 saturated heterocycles. The van der Waals surface area contributed by atoms with Crippen molar-refractivity contribution in [2.45, 2.75) is 44.8 Å². The van der Waals surface area contributed by atoms with E-state index in [0.29, 0.717) is 12.8 Å². The number of quaternary nitrogens is 1. The number of halogens is 4. The van der Waals surface area contributed by atoms with Gasteiger partial charge in [0.25, 0.3) is 0 Å². The van der Waals surface area contributed by atoms with E-state index in [-0.39, 0.29) is 43.7 Å². The van der Waals surface area contributed by atoms with Crippen LogP contribution in [0.5, 0.6) is 0 Å². The third kappa shape index (κ3) is 5.44. The number of hydrogen-bond acceptors (Lipinski definition) is 2. The lowest BCUT2D eigenvalue weighted by molar-refractivity contribution is -0.403. The van der Waals surface area contributed by atoms with Crippen LogP contribution in [-0.4, -0.2) is 24.8 Å². The summed E-state index contributed by atoms with van der Waals surface area (Å²) in [5.74, 6) is -1.50. The van der Waals surface area contributed by atoms with Gasteiger partial charge >= 0.3 is 12.1 Å². The second-order valence-electron chi connectivity index (χ2n) is 4.79. The zero-order valence-electron chi connectivity index (χ0n) is 10.3. The van der Waals surface area contributed by atoms with E-state index in [4.69, 9.17) is 4.74 Å². The van der Waals surface area contributed by atoms with Gasteiger partial charge < -0.3 is 22.9 Å². The zero-order chi connectivity index (χ0) is 13.1. The molecule has 0 radical (unpaired) electrons. The lowest BCUT2D eigenvalue weighted by Gasteiger charge is -2.29. The lowest BCUT2D eigenvalue weighted by atomic mass is 9.82. The molecule has 0 amide bonds. The van der Waals surface area contributed by atoms with Crippen LogP contribution < -0.4 is 18.1 Å². The zero-order valence-corrected chi connectivity index (χ0v) is 11.1. The van der Waals surface area contributed by atoms with Gasteiger partial charge in [0, 0.05) is 0 Å². The number of alkyl halides is 3.